The van der Waals surface area contributed by atoms with Gasteiger partial charge < -0.3 is 9.47 Å². The number of hydrogen-bond acceptors (Lipinski definition) is 3. The van der Waals surface area contributed by atoms with Gasteiger partial charge in [0, 0.05) is 5.71 Å². The average Bonchev–Trinajstić information content (AvgIpc) is 2.80. The fourth-order valence-corrected chi connectivity index (χ4v) is 5.71. The van der Waals surface area contributed by atoms with Crippen LogP contribution >= 0.6 is 0 Å². The first kappa shape index (κ1) is 23.4. The fourth-order valence-electron chi connectivity index (χ4n) is 5.71. The minimum absolute atomic E-state index is 0.0336. The molecule has 2 aromatic carbocycles. The smallest absolute Gasteiger partial charge is 0.119 e. The largest absolute Gasteiger partial charge is 0.497 e. The molecule has 2 aromatic rings. The summed E-state index contributed by atoms with van der Waals surface area (Å²) in [5.74, 6) is 4.86. The number of methoxy groups -OCH3 is 2. The van der Waals surface area contributed by atoms with Crippen molar-refractivity contribution < 1.29 is 9.47 Å². The predicted octanol–water partition coefficient (Wildman–Crippen LogP) is 7.30. The van der Waals surface area contributed by atoms with Gasteiger partial charge in [-0.3, -0.25) is 4.99 Å². The van der Waals surface area contributed by atoms with E-state index in [1.807, 2.05) is 24.3 Å². The summed E-state index contributed by atoms with van der Waals surface area (Å²) in [5.41, 5.74) is 4.57. The van der Waals surface area contributed by atoms with E-state index in [1.54, 1.807) is 14.2 Å². The Bertz CT molecular complexity index is 915. The highest BCUT2D eigenvalue weighted by atomic mass is 16.5. The Morgan fingerprint density at radius 3 is 1.81 bits per heavy atom. The second-order valence-corrected chi connectivity index (χ2v) is 9.74. The number of rotatable bonds is 5. The Hall–Kier alpha value is -2.29. The maximum absolute atomic E-state index is 5.66. The first-order chi connectivity index (χ1) is 14.6. The summed E-state index contributed by atoms with van der Waals surface area (Å²) in [6.07, 6.45) is 0. The number of aliphatic imine (C=N–C) groups is 1. The number of ether oxygens (including phenoxy) is 2. The maximum atomic E-state index is 5.66. The Morgan fingerprint density at radius 1 is 0.774 bits per heavy atom. The molecule has 0 bridgehead atoms. The van der Waals surface area contributed by atoms with Crippen molar-refractivity contribution in [3.63, 3.8) is 0 Å². The van der Waals surface area contributed by atoms with Crippen molar-refractivity contribution in [2.24, 2.45) is 34.6 Å². The van der Waals surface area contributed by atoms with Crippen LogP contribution in [0.4, 0.5) is 5.69 Å². The zero-order chi connectivity index (χ0) is 22.9. The SMILES string of the molecule is COc1ccc(N=C(C)c2ccc(OC)cc2C2(C)C(C)C(C)C(C)C(C)C2C)cc1. The number of nitrogens with zero attached hydrogens (tertiary/aromatic N) is 1. The molecule has 0 amide bonds. The first-order valence-electron chi connectivity index (χ1n) is 11.5. The molecular formula is C28H39NO2. The van der Waals surface area contributed by atoms with Crippen molar-refractivity contribution >= 4 is 11.4 Å². The minimum atomic E-state index is 0.0336. The Kier molecular flexibility index (Phi) is 6.83. The topological polar surface area (TPSA) is 30.8 Å². The van der Waals surface area contributed by atoms with Crippen LogP contribution in [0.3, 0.4) is 0 Å². The van der Waals surface area contributed by atoms with Gasteiger partial charge in [-0.05, 0) is 95.5 Å². The first-order valence-corrected chi connectivity index (χ1v) is 11.5. The summed E-state index contributed by atoms with van der Waals surface area (Å²) >= 11 is 0. The molecule has 1 fully saturated rings. The molecule has 0 saturated heterocycles. The highest BCUT2D eigenvalue weighted by Gasteiger charge is 2.50. The van der Waals surface area contributed by atoms with Gasteiger partial charge in [0.25, 0.3) is 0 Å². The summed E-state index contributed by atoms with van der Waals surface area (Å²) in [6, 6.07) is 14.4. The molecule has 31 heavy (non-hydrogen) atoms. The molecule has 4 atom stereocenters. The van der Waals surface area contributed by atoms with Crippen LogP contribution in [0.5, 0.6) is 11.5 Å². The average molecular weight is 422 g/mol. The van der Waals surface area contributed by atoms with Gasteiger partial charge in [-0.15, -0.1) is 0 Å². The highest BCUT2D eigenvalue weighted by Crippen LogP contribution is 2.55. The van der Waals surface area contributed by atoms with E-state index < -0.39 is 0 Å². The van der Waals surface area contributed by atoms with Gasteiger partial charge in [-0.2, -0.15) is 0 Å². The minimum Gasteiger partial charge on any atom is -0.497 e. The van der Waals surface area contributed by atoms with Crippen LogP contribution in [0.15, 0.2) is 47.5 Å². The van der Waals surface area contributed by atoms with Gasteiger partial charge in [0.1, 0.15) is 11.5 Å². The summed E-state index contributed by atoms with van der Waals surface area (Å²) < 4.78 is 10.9. The summed E-state index contributed by atoms with van der Waals surface area (Å²) in [6.45, 7) is 16.7. The lowest BCUT2D eigenvalue weighted by molar-refractivity contribution is 0.00165. The van der Waals surface area contributed by atoms with E-state index in [1.165, 1.54) is 11.1 Å². The summed E-state index contributed by atoms with van der Waals surface area (Å²) in [7, 11) is 3.43. The molecule has 1 aliphatic rings. The third kappa shape index (κ3) is 4.12. The van der Waals surface area contributed by atoms with Crippen LogP contribution in [0.1, 0.15) is 59.6 Å². The Balaban J connectivity index is 2.14. The molecule has 1 aliphatic carbocycles. The predicted molar refractivity (Wildman–Crippen MR) is 131 cm³/mol. The molecule has 3 heteroatoms. The van der Waals surface area contributed by atoms with Crippen molar-refractivity contribution in [1.82, 2.24) is 0 Å². The zero-order valence-electron chi connectivity index (χ0n) is 20.7. The van der Waals surface area contributed by atoms with Crippen LogP contribution < -0.4 is 9.47 Å². The lowest BCUT2D eigenvalue weighted by atomic mass is 9.49. The van der Waals surface area contributed by atoms with Crippen LogP contribution in [0.25, 0.3) is 0 Å². The van der Waals surface area contributed by atoms with E-state index in [0.29, 0.717) is 29.6 Å². The van der Waals surface area contributed by atoms with E-state index in [4.69, 9.17) is 14.5 Å². The van der Waals surface area contributed by atoms with Gasteiger partial charge in [-0.1, -0.05) is 41.5 Å². The van der Waals surface area contributed by atoms with Gasteiger partial charge >= 0.3 is 0 Å². The molecule has 3 rings (SSSR count). The maximum Gasteiger partial charge on any atom is 0.119 e. The van der Waals surface area contributed by atoms with Crippen molar-refractivity contribution in [1.29, 1.82) is 0 Å². The van der Waals surface area contributed by atoms with E-state index in [9.17, 15) is 0 Å². The Morgan fingerprint density at radius 2 is 1.29 bits per heavy atom. The van der Waals surface area contributed by atoms with Gasteiger partial charge in [-0.25, -0.2) is 0 Å². The second-order valence-electron chi connectivity index (χ2n) is 9.74. The Labute approximate surface area is 188 Å². The zero-order valence-corrected chi connectivity index (χ0v) is 20.7. The monoisotopic (exact) mass is 421 g/mol. The standard InChI is InChI=1S/C28H39NO2/c1-17-18(2)20(4)28(7,21(5)19(17)3)27-16-25(31-9)14-15-26(27)22(6)29-23-10-12-24(30-8)13-11-23/h10-21H,1-9H3. The van der Waals surface area contributed by atoms with Crippen LogP contribution in [0, 0.1) is 29.6 Å². The van der Waals surface area contributed by atoms with Gasteiger partial charge in [0.2, 0.25) is 0 Å². The molecule has 0 aliphatic heterocycles. The molecule has 0 radical (unpaired) electrons. The molecule has 1 saturated carbocycles. The molecule has 3 nitrogen and oxygen atoms in total. The van der Waals surface area contributed by atoms with E-state index in [0.717, 1.165) is 22.9 Å². The van der Waals surface area contributed by atoms with Crippen molar-refractivity contribution in [3.05, 3.63) is 53.6 Å². The van der Waals surface area contributed by atoms with E-state index in [-0.39, 0.29) is 5.41 Å². The molecule has 0 heterocycles. The lowest BCUT2D eigenvalue weighted by Crippen LogP contribution is -2.51. The highest BCUT2D eigenvalue weighted by molar-refractivity contribution is 6.02. The molecular weight excluding hydrogens is 382 g/mol. The molecule has 0 aromatic heterocycles. The third-order valence-corrected chi connectivity index (χ3v) is 8.69. The van der Waals surface area contributed by atoms with Crippen molar-refractivity contribution in [2.45, 2.75) is 53.9 Å². The summed E-state index contributed by atoms with van der Waals surface area (Å²) in [5, 5.41) is 0. The lowest BCUT2D eigenvalue weighted by Gasteiger charge is -2.55. The number of hydrogen-bond donors (Lipinski definition) is 0. The van der Waals surface area contributed by atoms with Gasteiger partial charge in [0.15, 0.2) is 0 Å². The summed E-state index contributed by atoms with van der Waals surface area (Å²) in [4.78, 5) is 4.97. The quantitative estimate of drug-likeness (QED) is 0.474. The van der Waals surface area contributed by atoms with E-state index in [2.05, 4.69) is 66.7 Å². The number of benzene rings is 2. The van der Waals surface area contributed by atoms with Crippen LogP contribution in [-0.2, 0) is 5.41 Å². The molecule has 4 unspecified atom stereocenters. The molecule has 0 spiro atoms. The van der Waals surface area contributed by atoms with Gasteiger partial charge in [0.05, 0.1) is 19.9 Å². The second kappa shape index (κ2) is 9.06. The normalized spacial score (nSPS) is 31.4. The fraction of sp³-hybridized carbons (Fsp3) is 0.536. The van der Waals surface area contributed by atoms with Crippen LogP contribution in [-0.4, -0.2) is 19.9 Å². The van der Waals surface area contributed by atoms with Crippen LogP contribution in [0.2, 0.25) is 0 Å². The van der Waals surface area contributed by atoms with Crippen molar-refractivity contribution in [2.75, 3.05) is 14.2 Å². The van der Waals surface area contributed by atoms with E-state index >= 15 is 0 Å². The van der Waals surface area contributed by atoms with Crippen molar-refractivity contribution in [3.8, 4) is 11.5 Å². The third-order valence-electron chi connectivity index (χ3n) is 8.69. The molecule has 0 N–H and O–H groups in total. The molecule has 168 valence electrons.